The normalized spacial score (nSPS) is 10.7. The summed E-state index contributed by atoms with van der Waals surface area (Å²) in [5.41, 5.74) is 2.79. The third-order valence-corrected chi connectivity index (χ3v) is 3.11. The Labute approximate surface area is 121 Å². The largest absolute Gasteiger partial charge is 0.342 e. The summed E-state index contributed by atoms with van der Waals surface area (Å²) in [5.74, 6) is 1.12. The van der Waals surface area contributed by atoms with Gasteiger partial charge < -0.3 is 4.98 Å². The summed E-state index contributed by atoms with van der Waals surface area (Å²) in [6.45, 7) is 2.05. The maximum atomic E-state index is 12.0. The van der Waals surface area contributed by atoms with Gasteiger partial charge in [0.15, 0.2) is 0 Å². The lowest BCUT2D eigenvalue weighted by Gasteiger charge is -2.03. The van der Waals surface area contributed by atoms with Crippen molar-refractivity contribution >= 4 is 22.9 Å². The molecule has 21 heavy (non-hydrogen) atoms. The summed E-state index contributed by atoms with van der Waals surface area (Å²) in [5, 5.41) is 2.67. The number of anilines is 1. The predicted octanol–water partition coefficient (Wildman–Crippen LogP) is 2.10. The van der Waals surface area contributed by atoms with E-state index in [0.717, 1.165) is 28.8 Å². The molecule has 2 heterocycles. The Bertz CT molecular complexity index is 766. The SMILES string of the molecule is CCc1nc2ccc(CC(=O)Nc3ncccn3)cc2[nH]1. The summed E-state index contributed by atoms with van der Waals surface area (Å²) in [7, 11) is 0. The van der Waals surface area contributed by atoms with Crippen molar-refractivity contribution < 1.29 is 4.79 Å². The van der Waals surface area contributed by atoms with Gasteiger partial charge >= 0.3 is 0 Å². The van der Waals surface area contributed by atoms with E-state index in [1.54, 1.807) is 18.5 Å². The first kappa shape index (κ1) is 13.2. The van der Waals surface area contributed by atoms with Crippen LogP contribution in [-0.2, 0) is 17.6 Å². The third-order valence-electron chi connectivity index (χ3n) is 3.11. The average Bonchev–Trinajstić information content (AvgIpc) is 2.90. The number of benzene rings is 1. The Morgan fingerprint density at radius 2 is 2.10 bits per heavy atom. The maximum absolute atomic E-state index is 12.0. The van der Waals surface area contributed by atoms with Gasteiger partial charge in [0.1, 0.15) is 5.82 Å². The van der Waals surface area contributed by atoms with Crippen LogP contribution in [0.1, 0.15) is 18.3 Å². The minimum Gasteiger partial charge on any atom is -0.342 e. The van der Waals surface area contributed by atoms with Gasteiger partial charge in [-0.05, 0) is 23.8 Å². The number of nitrogens with zero attached hydrogens (tertiary/aromatic N) is 3. The van der Waals surface area contributed by atoms with Crippen LogP contribution in [-0.4, -0.2) is 25.8 Å². The van der Waals surface area contributed by atoms with Gasteiger partial charge in [-0.3, -0.25) is 10.1 Å². The van der Waals surface area contributed by atoms with Crippen molar-refractivity contribution in [2.75, 3.05) is 5.32 Å². The fourth-order valence-corrected chi connectivity index (χ4v) is 2.10. The molecule has 0 atom stereocenters. The molecule has 0 radical (unpaired) electrons. The van der Waals surface area contributed by atoms with Gasteiger partial charge in [0, 0.05) is 18.8 Å². The molecule has 1 aromatic carbocycles. The number of carbonyl (C=O) groups is 1. The Morgan fingerprint density at radius 3 is 2.86 bits per heavy atom. The van der Waals surface area contributed by atoms with E-state index in [1.807, 2.05) is 25.1 Å². The minimum absolute atomic E-state index is 0.143. The quantitative estimate of drug-likeness (QED) is 0.767. The highest BCUT2D eigenvalue weighted by atomic mass is 16.1. The second-order valence-electron chi connectivity index (χ2n) is 4.69. The van der Waals surface area contributed by atoms with E-state index in [4.69, 9.17) is 0 Å². The molecule has 0 saturated heterocycles. The first-order chi connectivity index (χ1) is 10.2. The molecule has 0 spiro atoms. The van der Waals surface area contributed by atoms with Gasteiger partial charge in [-0.25, -0.2) is 15.0 Å². The minimum atomic E-state index is -0.143. The van der Waals surface area contributed by atoms with Crippen LogP contribution < -0.4 is 5.32 Å². The van der Waals surface area contributed by atoms with Gasteiger partial charge in [0.25, 0.3) is 0 Å². The van der Waals surface area contributed by atoms with Crippen molar-refractivity contribution in [3.8, 4) is 0 Å². The number of hydrogen-bond acceptors (Lipinski definition) is 4. The Hall–Kier alpha value is -2.76. The van der Waals surface area contributed by atoms with Crippen LogP contribution in [0.2, 0.25) is 0 Å². The fraction of sp³-hybridized carbons (Fsp3) is 0.200. The summed E-state index contributed by atoms with van der Waals surface area (Å²) >= 11 is 0. The highest BCUT2D eigenvalue weighted by molar-refractivity contribution is 5.91. The van der Waals surface area contributed by atoms with E-state index in [2.05, 4.69) is 25.3 Å². The number of H-pyrrole nitrogens is 1. The standard InChI is InChI=1S/C15H15N5O/c1-2-13-18-11-5-4-10(8-12(11)19-13)9-14(21)20-15-16-6-3-7-17-15/h3-8H,2,9H2,1H3,(H,18,19)(H,16,17,20,21). The molecule has 3 aromatic rings. The number of imidazole rings is 1. The van der Waals surface area contributed by atoms with Crippen molar-refractivity contribution in [1.29, 1.82) is 0 Å². The Morgan fingerprint density at radius 1 is 1.29 bits per heavy atom. The number of aromatic amines is 1. The van der Waals surface area contributed by atoms with Crippen molar-refractivity contribution in [3.05, 3.63) is 48.0 Å². The number of carbonyl (C=O) groups excluding carboxylic acids is 1. The molecule has 0 saturated carbocycles. The van der Waals surface area contributed by atoms with Crippen molar-refractivity contribution in [1.82, 2.24) is 19.9 Å². The molecule has 0 aliphatic rings. The molecular formula is C15H15N5O. The number of hydrogen-bond donors (Lipinski definition) is 2. The van der Waals surface area contributed by atoms with Crippen LogP contribution in [0.15, 0.2) is 36.7 Å². The second-order valence-corrected chi connectivity index (χ2v) is 4.69. The molecule has 0 fully saturated rings. The zero-order valence-corrected chi connectivity index (χ0v) is 11.6. The molecule has 0 aliphatic carbocycles. The number of amides is 1. The number of nitrogens with one attached hydrogen (secondary N) is 2. The van der Waals surface area contributed by atoms with Crippen LogP contribution in [0.5, 0.6) is 0 Å². The van der Waals surface area contributed by atoms with Gasteiger partial charge in [-0.15, -0.1) is 0 Å². The molecular weight excluding hydrogens is 266 g/mol. The lowest BCUT2D eigenvalue weighted by Crippen LogP contribution is -2.16. The molecule has 0 bridgehead atoms. The maximum Gasteiger partial charge on any atom is 0.231 e. The van der Waals surface area contributed by atoms with Crippen LogP contribution in [0, 0.1) is 0 Å². The van der Waals surface area contributed by atoms with Gasteiger partial charge in [-0.1, -0.05) is 13.0 Å². The predicted molar refractivity (Wildman–Crippen MR) is 79.8 cm³/mol. The molecule has 106 valence electrons. The molecule has 6 heteroatoms. The van der Waals surface area contributed by atoms with Gasteiger partial charge in [0.05, 0.1) is 17.5 Å². The molecule has 2 N–H and O–H groups in total. The number of aryl methyl sites for hydroxylation is 1. The first-order valence-corrected chi connectivity index (χ1v) is 6.79. The number of fused-ring (bicyclic) bond motifs is 1. The molecule has 2 aromatic heterocycles. The first-order valence-electron chi connectivity index (χ1n) is 6.79. The fourth-order valence-electron chi connectivity index (χ4n) is 2.10. The topological polar surface area (TPSA) is 83.6 Å². The molecule has 0 unspecified atom stereocenters. The zero-order chi connectivity index (χ0) is 14.7. The van der Waals surface area contributed by atoms with E-state index in [9.17, 15) is 4.79 Å². The smallest absolute Gasteiger partial charge is 0.231 e. The van der Waals surface area contributed by atoms with E-state index in [1.165, 1.54) is 0 Å². The highest BCUT2D eigenvalue weighted by Gasteiger charge is 2.08. The monoisotopic (exact) mass is 281 g/mol. The molecule has 6 nitrogen and oxygen atoms in total. The lowest BCUT2D eigenvalue weighted by molar-refractivity contribution is -0.115. The van der Waals surface area contributed by atoms with E-state index < -0.39 is 0 Å². The van der Waals surface area contributed by atoms with Crippen LogP contribution >= 0.6 is 0 Å². The van der Waals surface area contributed by atoms with Crippen LogP contribution in [0.25, 0.3) is 11.0 Å². The number of rotatable bonds is 4. The summed E-state index contributed by atoms with van der Waals surface area (Å²) in [6.07, 6.45) is 4.31. The van der Waals surface area contributed by atoms with E-state index in [-0.39, 0.29) is 12.3 Å². The van der Waals surface area contributed by atoms with Gasteiger partial charge in [0.2, 0.25) is 11.9 Å². The Kier molecular flexibility index (Phi) is 3.59. The summed E-state index contributed by atoms with van der Waals surface area (Å²) in [4.78, 5) is 27.6. The summed E-state index contributed by atoms with van der Waals surface area (Å²) in [6, 6.07) is 7.49. The third kappa shape index (κ3) is 3.05. The second kappa shape index (κ2) is 5.70. The van der Waals surface area contributed by atoms with E-state index in [0.29, 0.717) is 5.95 Å². The Balaban J connectivity index is 1.73. The number of aromatic nitrogens is 4. The van der Waals surface area contributed by atoms with Crippen LogP contribution in [0.3, 0.4) is 0 Å². The van der Waals surface area contributed by atoms with Crippen LogP contribution in [0.4, 0.5) is 5.95 Å². The van der Waals surface area contributed by atoms with Crippen molar-refractivity contribution in [2.45, 2.75) is 19.8 Å². The molecule has 3 rings (SSSR count). The van der Waals surface area contributed by atoms with Gasteiger partial charge in [-0.2, -0.15) is 0 Å². The molecule has 0 aliphatic heterocycles. The van der Waals surface area contributed by atoms with Crippen molar-refractivity contribution in [3.63, 3.8) is 0 Å². The summed E-state index contributed by atoms with van der Waals surface area (Å²) < 4.78 is 0. The van der Waals surface area contributed by atoms with Crippen molar-refractivity contribution in [2.24, 2.45) is 0 Å². The molecule has 1 amide bonds. The highest BCUT2D eigenvalue weighted by Crippen LogP contribution is 2.15. The van der Waals surface area contributed by atoms with E-state index >= 15 is 0 Å². The average molecular weight is 281 g/mol. The zero-order valence-electron chi connectivity index (χ0n) is 11.6. The lowest BCUT2D eigenvalue weighted by atomic mass is 10.1.